The molecule has 0 atom stereocenters. The van der Waals surface area contributed by atoms with Crippen LogP contribution in [0.25, 0.3) is 123 Å². The monoisotopic (exact) mass is 783 g/mol. The fourth-order valence-electron chi connectivity index (χ4n) is 8.16. The summed E-state index contributed by atoms with van der Waals surface area (Å²) < 4.78 is 0. The van der Waals surface area contributed by atoms with Crippen LogP contribution >= 0.6 is 0 Å². The summed E-state index contributed by atoms with van der Waals surface area (Å²) in [4.78, 5) is 55.2. The molecule has 0 aliphatic heterocycles. The molecule has 4 aromatic carbocycles. The number of para-hydroxylation sites is 4. The molecule has 12 rings (SSSR count). The molecular weight excluding hydrogens is 755 g/mol. The number of nitrogens with zero attached hydrogens (tertiary/aromatic N) is 10. The Morgan fingerprint density at radius 2 is 1.05 bits per heavy atom. The number of benzene rings is 4. The number of H-pyrrole nitrogens is 1. The van der Waals surface area contributed by atoms with Gasteiger partial charge in [-0.3, -0.25) is 15.0 Å². The molecule has 0 bridgehead atoms. The van der Waals surface area contributed by atoms with Crippen molar-refractivity contribution >= 4 is 54.6 Å². The van der Waals surface area contributed by atoms with Gasteiger partial charge in [0.2, 0.25) is 0 Å². The van der Waals surface area contributed by atoms with E-state index in [1.54, 1.807) is 24.8 Å². The maximum absolute atomic E-state index is 5.68. The summed E-state index contributed by atoms with van der Waals surface area (Å²) in [6.07, 6.45) is 10.7. The van der Waals surface area contributed by atoms with Gasteiger partial charge in [-0.2, -0.15) is 0 Å². The van der Waals surface area contributed by atoms with Crippen molar-refractivity contribution in [2.45, 2.75) is 0 Å². The number of hydrogen-bond donors (Lipinski definition) is 1. The van der Waals surface area contributed by atoms with Crippen molar-refractivity contribution in [2.75, 3.05) is 0 Å². The Hall–Kier alpha value is -8.70. The molecule has 0 saturated heterocycles. The van der Waals surface area contributed by atoms with Crippen LogP contribution in [-0.4, -0.2) is 54.8 Å². The van der Waals surface area contributed by atoms with Crippen LogP contribution in [0.2, 0.25) is 0 Å². The molecule has 0 aliphatic rings. The summed E-state index contributed by atoms with van der Waals surface area (Å²) >= 11 is 0. The summed E-state index contributed by atoms with van der Waals surface area (Å²) in [5.74, 6) is 1.01. The van der Waals surface area contributed by atoms with Crippen molar-refractivity contribution in [3.63, 3.8) is 0 Å². The average Bonchev–Trinajstić information content (AvgIpc) is 3.87. The third kappa shape index (κ3) is 5.75. The first-order valence-corrected chi connectivity index (χ1v) is 19.7. The van der Waals surface area contributed by atoms with Gasteiger partial charge in [-0.1, -0.05) is 84.9 Å². The first kappa shape index (κ1) is 34.4. The second kappa shape index (κ2) is 14.0. The topological polar surface area (TPSA) is 145 Å². The zero-order valence-electron chi connectivity index (χ0n) is 32.1. The Kier molecular flexibility index (Phi) is 7.88. The quantitative estimate of drug-likeness (QED) is 0.173. The molecular formula is C50H29N11. The highest BCUT2D eigenvalue weighted by Gasteiger charge is 2.31. The van der Waals surface area contributed by atoms with E-state index in [1.807, 2.05) is 122 Å². The summed E-state index contributed by atoms with van der Waals surface area (Å²) in [5.41, 5.74) is 10.5. The Labute approximate surface area is 347 Å². The zero-order chi connectivity index (χ0) is 40.3. The van der Waals surface area contributed by atoms with Crippen LogP contribution < -0.4 is 0 Å². The van der Waals surface area contributed by atoms with Crippen LogP contribution in [-0.2, 0) is 0 Å². The first-order chi connectivity index (χ1) is 30.2. The van der Waals surface area contributed by atoms with Crippen molar-refractivity contribution < 1.29 is 0 Å². The van der Waals surface area contributed by atoms with Gasteiger partial charge in [-0.15, -0.1) is 0 Å². The highest BCUT2D eigenvalue weighted by Crippen LogP contribution is 2.48. The number of nitrogens with one attached hydrogen (secondary N) is 1. The highest BCUT2D eigenvalue weighted by molar-refractivity contribution is 6.15. The third-order valence-corrected chi connectivity index (χ3v) is 10.9. The molecule has 0 aliphatic carbocycles. The standard InChI is InChI=1S/C50H29N11/c1-4-14-32-29(11-1)22-24-52-44(32)41-43(50-56-27-31-13-3-6-16-34(31)59-50)46(39-28-55-35-17-7-8-18-36(35)58-39)61-48-42(49-53-25-26-54-49)40(37-19-9-10-23-51-37)45(60-47(41)48)38-21-20-30-12-2-5-15-33(30)57-38/h1-28H,(H,53,54). The minimum atomic E-state index is 0.434. The van der Waals surface area contributed by atoms with Gasteiger partial charge in [0.15, 0.2) is 5.82 Å². The van der Waals surface area contributed by atoms with Gasteiger partial charge in [0.25, 0.3) is 0 Å². The fourth-order valence-corrected chi connectivity index (χ4v) is 8.16. The molecule has 0 saturated carbocycles. The molecule has 284 valence electrons. The lowest BCUT2D eigenvalue weighted by Crippen LogP contribution is -2.07. The predicted molar refractivity (Wildman–Crippen MR) is 239 cm³/mol. The van der Waals surface area contributed by atoms with Crippen LogP contribution in [0.3, 0.4) is 0 Å². The zero-order valence-corrected chi connectivity index (χ0v) is 32.1. The van der Waals surface area contributed by atoms with E-state index in [2.05, 4.69) is 29.2 Å². The van der Waals surface area contributed by atoms with Crippen molar-refractivity contribution in [3.05, 3.63) is 171 Å². The fraction of sp³-hybridized carbons (Fsp3) is 0. The molecule has 0 unspecified atom stereocenters. The van der Waals surface area contributed by atoms with E-state index in [0.717, 1.165) is 38.1 Å². The molecule has 8 heterocycles. The summed E-state index contributed by atoms with van der Waals surface area (Å²) in [5, 5.41) is 3.83. The third-order valence-electron chi connectivity index (χ3n) is 10.9. The minimum absolute atomic E-state index is 0.434. The number of aromatic amines is 1. The smallest absolute Gasteiger partial charge is 0.162 e. The largest absolute Gasteiger partial charge is 0.345 e. The van der Waals surface area contributed by atoms with Crippen molar-refractivity contribution in [2.24, 2.45) is 0 Å². The van der Waals surface area contributed by atoms with Crippen LogP contribution in [0.1, 0.15) is 0 Å². The van der Waals surface area contributed by atoms with E-state index in [9.17, 15) is 0 Å². The van der Waals surface area contributed by atoms with E-state index >= 15 is 0 Å². The van der Waals surface area contributed by atoms with E-state index in [0.29, 0.717) is 84.6 Å². The summed E-state index contributed by atoms with van der Waals surface area (Å²) in [6, 6.07) is 43.9. The Bertz CT molecular complexity index is 3660. The normalized spacial score (nSPS) is 11.6. The number of hydrogen-bond acceptors (Lipinski definition) is 10. The lowest BCUT2D eigenvalue weighted by atomic mass is 9.91. The Morgan fingerprint density at radius 1 is 0.344 bits per heavy atom. The van der Waals surface area contributed by atoms with E-state index in [-0.39, 0.29) is 0 Å². The molecule has 1 N–H and O–H groups in total. The van der Waals surface area contributed by atoms with Crippen molar-refractivity contribution in [1.29, 1.82) is 0 Å². The van der Waals surface area contributed by atoms with Gasteiger partial charge in [0.05, 0.1) is 62.2 Å². The second-order valence-electron chi connectivity index (χ2n) is 14.5. The molecule has 0 spiro atoms. The van der Waals surface area contributed by atoms with Crippen molar-refractivity contribution in [3.8, 4) is 68.1 Å². The predicted octanol–water partition coefficient (Wildman–Crippen LogP) is 10.7. The molecule has 11 nitrogen and oxygen atoms in total. The molecule has 61 heavy (non-hydrogen) atoms. The van der Waals surface area contributed by atoms with Crippen molar-refractivity contribution in [1.82, 2.24) is 54.8 Å². The van der Waals surface area contributed by atoms with Gasteiger partial charge >= 0.3 is 0 Å². The highest BCUT2D eigenvalue weighted by atomic mass is 14.9. The Balaban J connectivity index is 1.33. The van der Waals surface area contributed by atoms with Gasteiger partial charge in [0.1, 0.15) is 28.2 Å². The number of aromatic nitrogens is 11. The number of fused-ring (bicyclic) bond motifs is 5. The molecule has 11 heteroatoms. The maximum atomic E-state index is 5.68. The van der Waals surface area contributed by atoms with Gasteiger partial charge in [-0.05, 0) is 53.9 Å². The first-order valence-electron chi connectivity index (χ1n) is 19.7. The molecule has 0 amide bonds. The second-order valence-corrected chi connectivity index (χ2v) is 14.5. The van der Waals surface area contributed by atoms with E-state index in [1.165, 1.54) is 0 Å². The SMILES string of the molecule is c1ccc(-c2c(-c3ccc4ccccc4n3)nc3c(-c4nccc5ccccc45)c(-c4ncc5ccccc5n4)c(-c4cnc5ccccc5n4)nc3c2-c2ncc[nH]2)nc1. The number of pyridine rings is 5. The summed E-state index contributed by atoms with van der Waals surface area (Å²) in [7, 11) is 0. The number of imidazole rings is 1. The molecule has 0 fully saturated rings. The van der Waals surface area contributed by atoms with Gasteiger partial charge in [-0.25, -0.2) is 34.9 Å². The lowest BCUT2D eigenvalue weighted by molar-refractivity contribution is 1.19. The minimum Gasteiger partial charge on any atom is -0.345 e. The van der Waals surface area contributed by atoms with Crippen LogP contribution in [0.15, 0.2) is 171 Å². The number of rotatable bonds is 6. The van der Waals surface area contributed by atoms with Crippen LogP contribution in [0, 0.1) is 0 Å². The Morgan fingerprint density at radius 3 is 1.87 bits per heavy atom. The summed E-state index contributed by atoms with van der Waals surface area (Å²) in [6.45, 7) is 0. The van der Waals surface area contributed by atoms with E-state index in [4.69, 9.17) is 49.8 Å². The average molecular weight is 784 g/mol. The lowest BCUT2D eigenvalue weighted by Gasteiger charge is -2.21. The molecule has 8 aromatic heterocycles. The van der Waals surface area contributed by atoms with Crippen LogP contribution in [0.4, 0.5) is 0 Å². The molecule has 0 radical (unpaired) electrons. The maximum Gasteiger partial charge on any atom is 0.162 e. The van der Waals surface area contributed by atoms with Gasteiger partial charge < -0.3 is 4.98 Å². The van der Waals surface area contributed by atoms with E-state index < -0.39 is 0 Å². The van der Waals surface area contributed by atoms with Gasteiger partial charge in [0, 0.05) is 58.3 Å². The molecule has 12 aromatic rings. The van der Waals surface area contributed by atoms with Crippen LogP contribution in [0.5, 0.6) is 0 Å².